The van der Waals surface area contributed by atoms with Gasteiger partial charge in [0.2, 0.25) is 0 Å². The van der Waals surface area contributed by atoms with E-state index < -0.39 is 4.92 Å². The van der Waals surface area contributed by atoms with Gasteiger partial charge in [-0.25, -0.2) is 0 Å². The van der Waals surface area contributed by atoms with E-state index in [4.69, 9.17) is 0 Å². The van der Waals surface area contributed by atoms with Gasteiger partial charge in [0, 0.05) is 17.7 Å². The van der Waals surface area contributed by atoms with Crippen molar-refractivity contribution in [2.45, 2.75) is 0 Å². The number of nitro benzene ring substituents is 1. The Bertz CT molecular complexity index is 435. The van der Waals surface area contributed by atoms with Gasteiger partial charge in [0.25, 0.3) is 5.69 Å². The highest BCUT2D eigenvalue weighted by atomic mass is 16.6. The van der Waals surface area contributed by atoms with Gasteiger partial charge in [0.15, 0.2) is 5.78 Å². The summed E-state index contributed by atoms with van der Waals surface area (Å²) in [7, 11) is 0. The minimum absolute atomic E-state index is 0.0900. The normalized spacial score (nSPS) is 10.1. The van der Waals surface area contributed by atoms with Crippen LogP contribution in [0.15, 0.2) is 49.1 Å². The van der Waals surface area contributed by atoms with E-state index in [-0.39, 0.29) is 11.5 Å². The second kappa shape index (κ2) is 4.85. The standard InChI is InChI=1S/C11H9NO3/c1-2-3-7-11(13)9-5-4-6-10(8-9)12(14)15/h2-8H,1H2/b7-3+. The van der Waals surface area contributed by atoms with Crippen LogP contribution < -0.4 is 0 Å². The summed E-state index contributed by atoms with van der Waals surface area (Å²) < 4.78 is 0. The van der Waals surface area contributed by atoms with Gasteiger partial charge < -0.3 is 0 Å². The van der Waals surface area contributed by atoms with Crippen LogP contribution in [0.4, 0.5) is 5.69 Å². The van der Waals surface area contributed by atoms with Crippen LogP contribution in [0.25, 0.3) is 0 Å². The van der Waals surface area contributed by atoms with Crippen molar-refractivity contribution in [1.82, 2.24) is 0 Å². The van der Waals surface area contributed by atoms with Crippen molar-refractivity contribution >= 4 is 11.5 Å². The molecule has 4 heteroatoms. The largest absolute Gasteiger partial charge is 0.289 e. The summed E-state index contributed by atoms with van der Waals surface area (Å²) in [5.74, 6) is -0.279. The summed E-state index contributed by atoms with van der Waals surface area (Å²) in [5.41, 5.74) is 0.204. The molecule has 0 saturated carbocycles. The molecular weight excluding hydrogens is 194 g/mol. The fraction of sp³-hybridized carbons (Fsp3) is 0. The number of rotatable bonds is 4. The third-order valence-electron chi connectivity index (χ3n) is 1.73. The molecule has 0 radical (unpaired) electrons. The van der Waals surface area contributed by atoms with Crippen LogP contribution in [0.1, 0.15) is 10.4 Å². The third kappa shape index (κ3) is 2.87. The molecule has 1 aromatic carbocycles. The molecule has 0 aliphatic carbocycles. The molecule has 0 aromatic heterocycles. The summed E-state index contributed by atoms with van der Waals surface area (Å²) in [4.78, 5) is 21.3. The molecule has 0 bridgehead atoms. The summed E-state index contributed by atoms with van der Waals surface area (Å²) in [6, 6.07) is 5.60. The Balaban J connectivity index is 3.00. The second-order valence-electron chi connectivity index (χ2n) is 2.77. The molecule has 0 unspecified atom stereocenters. The number of hydrogen-bond acceptors (Lipinski definition) is 3. The van der Waals surface area contributed by atoms with Gasteiger partial charge in [-0.2, -0.15) is 0 Å². The molecule has 4 nitrogen and oxygen atoms in total. The van der Waals surface area contributed by atoms with E-state index in [1.165, 1.54) is 42.5 Å². The maximum absolute atomic E-state index is 11.4. The zero-order valence-electron chi connectivity index (χ0n) is 7.92. The van der Waals surface area contributed by atoms with Crippen LogP contribution in [0, 0.1) is 10.1 Å². The number of nitrogens with zero attached hydrogens (tertiary/aromatic N) is 1. The van der Waals surface area contributed by atoms with Crippen LogP contribution in [-0.2, 0) is 0 Å². The molecular formula is C11H9NO3. The van der Waals surface area contributed by atoms with Gasteiger partial charge in [-0.05, 0) is 6.08 Å². The summed E-state index contributed by atoms with van der Waals surface area (Å²) in [6.45, 7) is 3.42. The fourth-order valence-electron chi connectivity index (χ4n) is 1.02. The van der Waals surface area contributed by atoms with Crippen molar-refractivity contribution < 1.29 is 9.72 Å². The van der Waals surface area contributed by atoms with E-state index >= 15 is 0 Å². The van der Waals surface area contributed by atoms with Gasteiger partial charge in [-0.1, -0.05) is 30.9 Å². The zero-order valence-corrected chi connectivity index (χ0v) is 7.92. The monoisotopic (exact) mass is 203 g/mol. The van der Waals surface area contributed by atoms with Gasteiger partial charge >= 0.3 is 0 Å². The summed E-state index contributed by atoms with van der Waals surface area (Å²) >= 11 is 0. The van der Waals surface area contributed by atoms with Gasteiger partial charge in [-0.3, -0.25) is 14.9 Å². The summed E-state index contributed by atoms with van der Waals surface area (Å²) in [5, 5.41) is 10.4. The smallest absolute Gasteiger partial charge is 0.270 e. The molecule has 76 valence electrons. The van der Waals surface area contributed by atoms with Crippen molar-refractivity contribution in [3.63, 3.8) is 0 Å². The predicted octanol–water partition coefficient (Wildman–Crippen LogP) is 2.52. The van der Waals surface area contributed by atoms with Gasteiger partial charge in [-0.15, -0.1) is 0 Å². The molecule has 1 aromatic rings. The Morgan fingerprint density at radius 1 is 1.47 bits per heavy atom. The first kappa shape index (κ1) is 10.8. The van der Waals surface area contributed by atoms with Crippen molar-refractivity contribution in [3.05, 3.63) is 64.8 Å². The summed E-state index contributed by atoms with van der Waals surface area (Å²) in [6.07, 6.45) is 4.27. The highest BCUT2D eigenvalue weighted by Gasteiger charge is 2.08. The van der Waals surface area contributed by atoms with Crippen molar-refractivity contribution in [1.29, 1.82) is 0 Å². The lowest BCUT2D eigenvalue weighted by Gasteiger charge is -1.95. The van der Waals surface area contributed by atoms with E-state index in [0.29, 0.717) is 5.56 Å². The molecule has 0 aliphatic heterocycles. The molecule has 0 atom stereocenters. The topological polar surface area (TPSA) is 60.2 Å². The van der Waals surface area contributed by atoms with Gasteiger partial charge in [0.05, 0.1) is 4.92 Å². The molecule has 0 spiro atoms. The lowest BCUT2D eigenvalue weighted by Crippen LogP contribution is -1.96. The van der Waals surface area contributed by atoms with Gasteiger partial charge in [0.1, 0.15) is 0 Å². The first-order valence-corrected chi connectivity index (χ1v) is 4.23. The molecule has 15 heavy (non-hydrogen) atoms. The average Bonchev–Trinajstić information content (AvgIpc) is 2.26. The maximum atomic E-state index is 11.4. The van der Waals surface area contributed by atoms with E-state index in [1.54, 1.807) is 0 Å². The number of benzene rings is 1. The first-order valence-electron chi connectivity index (χ1n) is 4.23. The molecule has 1 rings (SSSR count). The van der Waals surface area contributed by atoms with Crippen LogP contribution in [-0.4, -0.2) is 10.7 Å². The highest BCUT2D eigenvalue weighted by molar-refractivity contribution is 6.04. The van der Waals surface area contributed by atoms with Crippen LogP contribution >= 0.6 is 0 Å². The maximum Gasteiger partial charge on any atom is 0.270 e. The van der Waals surface area contributed by atoms with Crippen LogP contribution in [0.5, 0.6) is 0 Å². The Morgan fingerprint density at radius 2 is 2.20 bits per heavy atom. The quantitative estimate of drug-likeness (QED) is 0.248. The number of non-ortho nitro benzene ring substituents is 1. The Kier molecular flexibility index (Phi) is 3.51. The predicted molar refractivity (Wildman–Crippen MR) is 56.8 cm³/mol. The van der Waals surface area contributed by atoms with Crippen LogP contribution in [0.3, 0.4) is 0 Å². The molecule has 0 aliphatic rings. The lowest BCUT2D eigenvalue weighted by molar-refractivity contribution is -0.384. The second-order valence-corrected chi connectivity index (χ2v) is 2.77. The Labute approximate surface area is 86.7 Å². The first-order chi connectivity index (χ1) is 7.15. The number of allylic oxidation sites excluding steroid dienone is 3. The third-order valence-corrected chi connectivity index (χ3v) is 1.73. The fourth-order valence-corrected chi connectivity index (χ4v) is 1.02. The SMILES string of the molecule is C=C/C=C/C(=O)c1cccc([N+](=O)[O-])c1. The number of nitro groups is 1. The lowest BCUT2D eigenvalue weighted by atomic mass is 10.1. The van der Waals surface area contributed by atoms with Crippen molar-refractivity contribution in [2.75, 3.05) is 0 Å². The van der Waals surface area contributed by atoms with Crippen molar-refractivity contribution in [2.24, 2.45) is 0 Å². The van der Waals surface area contributed by atoms with E-state index in [0.717, 1.165) is 0 Å². The average molecular weight is 203 g/mol. The molecule has 0 heterocycles. The Hall–Kier alpha value is -2.23. The molecule has 0 saturated heterocycles. The van der Waals surface area contributed by atoms with E-state index in [1.807, 2.05) is 0 Å². The Morgan fingerprint density at radius 3 is 2.80 bits per heavy atom. The number of hydrogen-bond donors (Lipinski definition) is 0. The number of carbonyl (C=O) groups is 1. The highest BCUT2D eigenvalue weighted by Crippen LogP contribution is 2.13. The molecule has 0 N–H and O–H groups in total. The van der Waals surface area contributed by atoms with E-state index in [2.05, 4.69) is 6.58 Å². The van der Waals surface area contributed by atoms with E-state index in [9.17, 15) is 14.9 Å². The minimum atomic E-state index is -0.534. The molecule has 0 fully saturated rings. The minimum Gasteiger partial charge on any atom is -0.289 e. The van der Waals surface area contributed by atoms with Crippen LogP contribution in [0.2, 0.25) is 0 Å². The van der Waals surface area contributed by atoms with Crippen molar-refractivity contribution in [3.8, 4) is 0 Å². The number of ketones is 1. The number of carbonyl (C=O) groups excluding carboxylic acids is 1. The molecule has 0 amide bonds. The zero-order chi connectivity index (χ0) is 11.3.